The number of aliphatic hydroxyl groups is 1. The molecule has 2 N–H and O–H groups in total. The van der Waals surface area contributed by atoms with Gasteiger partial charge in [0.2, 0.25) is 0 Å². The lowest BCUT2D eigenvalue weighted by molar-refractivity contribution is 0.131. The lowest BCUT2D eigenvalue weighted by Gasteiger charge is -2.23. The van der Waals surface area contributed by atoms with Gasteiger partial charge in [-0.2, -0.15) is 0 Å². The third-order valence-corrected chi connectivity index (χ3v) is 3.18. The second kappa shape index (κ2) is 3.95. The summed E-state index contributed by atoms with van der Waals surface area (Å²) < 4.78 is 0. The Hall–Kier alpha value is -0.860. The Kier molecular flexibility index (Phi) is 2.81. The maximum absolute atomic E-state index is 10.2. The molecule has 0 aromatic heterocycles. The number of benzene rings is 1. The van der Waals surface area contributed by atoms with Gasteiger partial charge in [0.05, 0.1) is 6.10 Å². The highest BCUT2D eigenvalue weighted by Crippen LogP contribution is 2.29. The van der Waals surface area contributed by atoms with E-state index >= 15 is 0 Å². The van der Waals surface area contributed by atoms with Crippen LogP contribution in [0.2, 0.25) is 0 Å². The molecule has 1 aromatic carbocycles. The minimum absolute atomic E-state index is 0.167. The normalized spacial score (nSPS) is 26.5. The van der Waals surface area contributed by atoms with Crippen LogP contribution in [0.3, 0.4) is 0 Å². The van der Waals surface area contributed by atoms with Gasteiger partial charge in [-0.3, -0.25) is 0 Å². The fraction of sp³-hybridized carbons (Fsp3) is 0.538. The third-order valence-electron chi connectivity index (χ3n) is 3.18. The molecule has 2 nitrogen and oxygen atoms in total. The van der Waals surface area contributed by atoms with Crippen molar-refractivity contribution in [3.63, 3.8) is 0 Å². The maximum Gasteiger partial charge on any atom is 0.0943 e. The Morgan fingerprint density at radius 1 is 1.33 bits per heavy atom. The van der Waals surface area contributed by atoms with Crippen LogP contribution in [0.25, 0.3) is 0 Å². The van der Waals surface area contributed by atoms with Crippen molar-refractivity contribution in [2.24, 2.45) is 0 Å². The Labute approximate surface area is 91.3 Å². The molecule has 0 radical (unpaired) electrons. The van der Waals surface area contributed by atoms with E-state index in [0.717, 1.165) is 18.4 Å². The summed E-state index contributed by atoms with van der Waals surface area (Å²) in [6, 6.07) is 10.1. The fourth-order valence-corrected chi connectivity index (χ4v) is 2.28. The smallest absolute Gasteiger partial charge is 0.0943 e. The zero-order valence-corrected chi connectivity index (χ0v) is 9.40. The lowest BCUT2D eigenvalue weighted by atomic mass is 10.0. The van der Waals surface area contributed by atoms with Gasteiger partial charge in [0.25, 0.3) is 0 Å². The van der Waals surface area contributed by atoms with Crippen molar-refractivity contribution in [1.29, 1.82) is 0 Å². The monoisotopic (exact) mass is 205 g/mol. The minimum atomic E-state index is -0.382. The highest BCUT2D eigenvalue weighted by molar-refractivity contribution is 5.19. The molecule has 0 bridgehead atoms. The average Bonchev–Trinajstić information content (AvgIpc) is 2.59. The molecule has 2 heteroatoms. The number of aliphatic hydroxyl groups excluding tert-OH is 1. The van der Waals surface area contributed by atoms with E-state index in [1.807, 2.05) is 30.3 Å². The maximum atomic E-state index is 10.2. The van der Waals surface area contributed by atoms with Crippen LogP contribution in [0.15, 0.2) is 30.3 Å². The summed E-state index contributed by atoms with van der Waals surface area (Å²) in [5.41, 5.74) is 1.17. The van der Waals surface area contributed by atoms with Gasteiger partial charge in [-0.05, 0) is 32.3 Å². The standard InChI is InChI=1S/C13H19NO/c1-13(2)9-8-11(14-13)12(15)10-6-4-3-5-7-10/h3-7,11-12,14-15H,8-9H2,1-2H3/t11-,12+/m0/s1. The number of hydrogen-bond donors (Lipinski definition) is 2. The van der Waals surface area contributed by atoms with Crippen molar-refractivity contribution in [2.45, 2.75) is 44.4 Å². The largest absolute Gasteiger partial charge is 0.387 e. The molecule has 0 saturated carbocycles. The minimum Gasteiger partial charge on any atom is -0.387 e. The van der Waals surface area contributed by atoms with E-state index in [9.17, 15) is 5.11 Å². The van der Waals surface area contributed by atoms with Crippen molar-refractivity contribution < 1.29 is 5.11 Å². The van der Waals surface area contributed by atoms with Crippen LogP contribution in [-0.2, 0) is 0 Å². The van der Waals surface area contributed by atoms with Crippen molar-refractivity contribution in [2.75, 3.05) is 0 Å². The Morgan fingerprint density at radius 3 is 2.53 bits per heavy atom. The summed E-state index contributed by atoms with van der Waals surface area (Å²) in [5, 5.41) is 13.7. The van der Waals surface area contributed by atoms with Crippen LogP contribution in [0.5, 0.6) is 0 Å². The molecular formula is C13H19NO. The molecule has 0 amide bonds. The summed E-state index contributed by atoms with van der Waals surface area (Å²) in [6.45, 7) is 4.37. The molecule has 15 heavy (non-hydrogen) atoms. The molecule has 2 atom stereocenters. The van der Waals surface area contributed by atoms with Gasteiger partial charge in [-0.15, -0.1) is 0 Å². The van der Waals surface area contributed by atoms with Gasteiger partial charge in [-0.25, -0.2) is 0 Å². The fourth-order valence-electron chi connectivity index (χ4n) is 2.28. The second-order valence-electron chi connectivity index (χ2n) is 5.03. The Balaban J connectivity index is 2.07. The van der Waals surface area contributed by atoms with E-state index in [-0.39, 0.29) is 17.7 Å². The van der Waals surface area contributed by atoms with E-state index in [0.29, 0.717) is 0 Å². The molecular weight excluding hydrogens is 186 g/mol. The van der Waals surface area contributed by atoms with Gasteiger partial charge >= 0.3 is 0 Å². The first kappa shape index (κ1) is 10.7. The van der Waals surface area contributed by atoms with E-state index in [1.54, 1.807) is 0 Å². The number of rotatable bonds is 2. The molecule has 1 aromatic rings. The van der Waals surface area contributed by atoms with Crippen LogP contribution in [-0.4, -0.2) is 16.7 Å². The van der Waals surface area contributed by atoms with Crippen LogP contribution in [0.1, 0.15) is 38.4 Å². The van der Waals surface area contributed by atoms with Gasteiger partial charge in [0.1, 0.15) is 0 Å². The highest BCUT2D eigenvalue weighted by atomic mass is 16.3. The van der Waals surface area contributed by atoms with Crippen LogP contribution in [0, 0.1) is 0 Å². The van der Waals surface area contributed by atoms with Gasteiger partial charge in [-0.1, -0.05) is 30.3 Å². The first-order valence-corrected chi connectivity index (χ1v) is 5.59. The molecule has 0 aliphatic carbocycles. The Bertz CT molecular complexity index is 321. The van der Waals surface area contributed by atoms with Gasteiger partial charge in [0.15, 0.2) is 0 Å². The molecule has 1 saturated heterocycles. The van der Waals surface area contributed by atoms with Gasteiger partial charge in [0, 0.05) is 11.6 Å². The predicted octanol–water partition coefficient (Wildman–Crippen LogP) is 2.25. The van der Waals surface area contributed by atoms with E-state index in [2.05, 4.69) is 19.2 Å². The zero-order chi connectivity index (χ0) is 10.9. The van der Waals surface area contributed by atoms with E-state index in [4.69, 9.17) is 0 Å². The first-order chi connectivity index (χ1) is 7.08. The molecule has 1 aliphatic heterocycles. The average molecular weight is 205 g/mol. The van der Waals surface area contributed by atoms with Gasteiger partial charge < -0.3 is 10.4 Å². The van der Waals surface area contributed by atoms with Crippen molar-refractivity contribution in [3.05, 3.63) is 35.9 Å². The summed E-state index contributed by atoms with van der Waals surface area (Å²) in [7, 11) is 0. The van der Waals surface area contributed by atoms with Crippen molar-refractivity contribution in [1.82, 2.24) is 5.32 Å². The van der Waals surface area contributed by atoms with E-state index in [1.165, 1.54) is 0 Å². The molecule has 1 heterocycles. The summed E-state index contributed by atoms with van der Waals surface area (Å²) in [6.07, 6.45) is 1.79. The van der Waals surface area contributed by atoms with Crippen LogP contribution < -0.4 is 5.32 Å². The molecule has 0 spiro atoms. The SMILES string of the molecule is CC1(C)CC[C@@H]([C@H](O)c2ccccc2)N1. The quantitative estimate of drug-likeness (QED) is 0.776. The third kappa shape index (κ3) is 2.39. The predicted molar refractivity (Wildman–Crippen MR) is 61.6 cm³/mol. The Morgan fingerprint density at radius 2 is 2.00 bits per heavy atom. The molecule has 2 rings (SSSR count). The first-order valence-electron chi connectivity index (χ1n) is 5.59. The summed E-state index contributed by atoms with van der Waals surface area (Å²) in [5.74, 6) is 0. The molecule has 1 fully saturated rings. The van der Waals surface area contributed by atoms with Crippen LogP contribution in [0.4, 0.5) is 0 Å². The second-order valence-corrected chi connectivity index (χ2v) is 5.03. The molecule has 82 valence electrons. The highest BCUT2D eigenvalue weighted by Gasteiger charge is 2.34. The topological polar surface area (TPSA) is 32.3 Å². The number of hydrogen-bond acceptors (Lipinski definition) is 2. The van der Waals surface area contributed by atoms with Crippen LogP contribution >= 0.6 is 0 Å². The summed E-state index contributed by atoms with van der Waals surface area (Å²) in [4.78, 5) is 0. The van der Waals surface area contributed by atoms with Crippen molar-refractivity contribution >= 4 is 0 Å². The summed E-state index contributed by atoms with van der Waals surface area (Å²) >= 11 is 0. The molecule has 1 aliphatic rings. The number of nitrogens with one attached hydrogen (secondary N) is 1. The molecule has 0 unspecified atom stereocenters. The van der Waals surface area contributed by atoms with E-state index < -0.39 is 0 Å². The lowest BCUT2D eigenvalue weighted by Crippen LogP contribution is -2.40. The zero-order valence-electron chi connectivity index (χ0n) is 9.40. The van der Waals surface area contributed by atoms with Crippen molar-refractivity contribution in [3.8, 4) is 0 Å².